The minimum Gasteiger partial charge on any atom is -0.313 e. The molecule has 0 bridgehead atoms. The molecule has 108 valence electrons. The molecule has 3 nitrogen and oxygen atoms in total. The van der Waals surface area contributed by atoms with Crippen LogP contribution >= 0.6 is 0 Å². The molecule has 0 aliphatic rings. The Hall–Kier alpha value is -2.13. The van der Waals surface area contributed by atoms with Crippen molar-refractivity contribution in [3.05, 3.63) is 66.0 Å². The zero-order valence-electron chi connectivity index (χ0n) is 12.6. The van der Waals surface area contributed by atoms with E-state index < -0.39 is 0 Å². The van der Waals surface area contributed by atoms with Gasteiger partial charge in [-0.1, -0.05) is 36.4 Å². The molecule has 3 rings (SSSR count). The average Bonchev–Trinajstić information content (AvgIpc) is 2.93. The highest BCUT2D eigenvalue weighted by molar-refractivity contribution is 5.83. The fourth-order valence-electron chi connectivity index (χ4n) is 2.81. The quantitative estimate of drug-likeness (QED) is 0.775. The fourth-order valence-corrected chi connectivity index (χ4v) is 2.81. The minimum atomic E-state index is 0.370. The Morgan fingerprint density at radius 2 is 1.95 bits per heavy atom. The van der Waals surface area contributed by atoms with Crippen LogP contribution in [0.25, 0.3) is 10.8 Å². The lowest BCUT2D eigenvalue weighted by Gasteiger charge is -2.17. The molecule has 0 fully saturated rings. The lowest BCUT2D eigenvalue weighted by atomic mass is 9.97. The van der Waals surface area contributed by atoms with Gasteiger partial charge in [0.05, 0.1) is 6.20 Å². The highest BCUT2D eigenvalue weighted by Crippen LogP contribution is 2.23. The Kier molecular flexibility index (Phi) is 4.02. The molecule has 0 saturated heterocycles. The van der Waals surface area contributed by atoms with Gasteiger partial charge in [0, 0.05) is 19.3 Å². The fraction of sp³-hybridized carbons (Fsp3) is 0.278. The molecule has 0 aliphatic heterocycles. The molecule has 0 saturated carbocycles. The van der Waals surface area contributed by atoms with E-state index in [9.17, 15) is 0 Å². The number of aromatic nitrogens is 2. The predicted octanol–water partition coefficient (Wildman–Crippen LogP) is 3.47. The summed E-state index contributed by atoms with van der Waals surface area (Å²) in [4.78, 5) is 0. The second-order valence-electron chi connectivity index (χ2n) is 5.51. The molecular weight excluding hydrogens is 258 g/mol. The van der Waals surface area contributed by atoms with Crippen LogP contribution in [0.4, 0.5) is 0 Å². The SMILES string of the molecule is CNC(CCc1cnn(C)c1)c1ccc2ccccc2c1. The first-order valence-electron chi connectivity index (χ1n) is 7.40. The number of hydrogen-bond donors (Lipinski definition) is 1. The number of rotatable bonds is 5. The molecule has 1 atom stereocenters. The summed E-state index contributed by atoms with van der Waals surface area (Å²) in [5.41, 5.74) is 2.64. The van der Waals surface area contributed by atoms with E-state index in [4.69, 9.17) is 0 Å². The van der Waals surface area contributed by atoms with Crippen LogP contribution in [0, 0.1) is 0 Å². The molecule has 0 radical (unpaired) electrons. The standard InChI is InChI=1S/C18H21N3/c1-19-18(10-7-14-12-20-21(2)13-14)17-9-8-15-5-3-4-6-16(15)11-17/h3-6,8-9,11-13,18-19H,7,10H2,1-2H3. The summed E-state index contributed by atoms with van der Waals surface area (Å²) in [5, 5.41) is 10.3. The summed E-state index contributed by atoms with van der Waals surface area (Å²) >= 11 is 0. The normalized spacial score (nSPS) is 12.7. The van der Waals surface area contributed by atoms with Gasteiger partial charge >= 0.3 is 0 Å². The molecule has 2 aromatic carbocycles. The summed E-state index contributed by atoms with van der Waals surface area (Å²) in [6, 6.07) is 15.6. The molecule has 1 N–H and O–H groups in total. The van der Waals surface area contributed by atoms with Crippen molar-refractivity contribution >= 4 is 10.8 Å². The van der Waals surface area contributed by atoms with Crippen molar-refractivity contribution in [2.45, 2.75) is 18.9 Å². The van der Waals surface area contributed by atoms with E-state index >= 15 is 0 Å². The number of nitrogens with one attached hydrogen (secondary N) is 1. The van der Waals surface area contributed by atoms with E-state index in [-0.39, 0.29) is 0 Å². The largest absolute Gasteiger partial charge is 0.313 e. The van der Waals surface area contributed by atoms with Crippen LogP contribution in [0.1, 0.15) is 23.6 Å². The number of benzene rings is 2. The third-order valence-corrected chi connectivity index (χ3v) is 4.00. The third-order valence-electron chi connectivity index (χ3n) is 4.00. The first-order chi connectivity index (χ1) is 10.3. The summed E-state index contributed by atoms with van der Waals surface area (Å²) < 4.78 is 1.86. The van der Waals surface area contributed by atoms with Crippen molar-refractivity contribution in [1.82, 2.24) is 15.1 Å². The maximum Gasteiger partial charge on any atom is 0.0521 e. The van der Waals surface area contributed by atoms with Crippen LogP contribution in [0.15, 0.2) is 54.9 Å². The van der Waals surface area contributed by atoms with E-state index in [1.165, 1.54) is 21.9 Å². The summed E-state index contributed by atoms with van der Waals surface area (Å²) in [7, 11) is 3.99. The van der Waals surface area contributed by atoms with E-state index in [0.29, 0.717) is 6.04 Å². The van der Waals surface area contributed by atoms with Gasteiger partial charge in [0.15, 0.2) is 0 Å². The number of fused-ring (bicyclic) bond motifs is 1. The summed E-state index contributed by atoms with van der Waals surface area (Å²) in [6.07, 6.45) is 6.15. The number of nitrogens with zero attached hydrogens (tertiary/aromatic N) is 2. The van der Waals surface area contributed by atoms with Crippen molar-refractivity contribution in [3.8, 4) is 0 Å². The molecule has 1 unspecified atom stereocenters. The summed E-state index contributed by atoms with van der Waals surface area (Å²) in [5.74, 6) is 0. The molecular formula is C18H21N3. The van der Waals surface area contributed by atoms with Crippen molar-refractivity contribution in [3.63, 3.8) is 0 Å². The highest BCUT2D eigenvalue weighted by atomic mass is 15.2. The second-order valence-corrected chi connectivity index (χ2v) is 5.51. The van der Waals surface area contributed by atoms with Crippen LogP contribution in [-0.4, -0.2) is 16.8 Å². The highest BCUT2D eigenvalue weighted by Gasteiger charge is 2.10. The Morgan fingerprint density at radius 1 is 1.14 bits per heavy atom. The Morgan fingerprint density at radius 3 is 2.67 bits per heavy atom. The second kappa shape index (κ2) is 6.10. The van der Waals surface area contributed by atoms with Gasteiger partial charge < -0.3 is 5.32 Å². The molecule has 21 heavy (non-hydrogen) atoms. The predicted molar refractivity (Wildman–Crippen MR) is 87.3 cm³/mol. The van der Waals surface area contributed by atoms with Gasteiger partial charge in [-0.05, 0) is 47.9 Å². The van der Waals surface area contributed by atoms with Crippen molar-refractivity contribution < 1.29 is 0 Å². The minimum absolute atomic E-state index is 0.370. The van der Waals surface area contributed by atoms with Gasteiger partial charge in [0.1, 0.15) is 0 Å². The molecule has 0 spiro atoms. The van der Waals surface area contributed by atoms with E-state index in [1.54, 1.807) is 0 Å². The molecule has 1 aromatic heterocycles. The van der Waals surface area contributed by atoms with E-state index in [0.717, 1.165) is 12.8 Å². The zero-order chi connectivity index (χ0) is 14.7. The van der Waals surface area contributed by atoms with Gasteiger partial charge in [-0.15, -0.1) is 0 Å². The lowest BCUT2D eigenvalue weighted by Crippen LogP contribution is -2.17. The topological polar surface area (TPSA) is 29.9 Å². The molecule has 3 heteroatoms. The maximum atomic E-state index is 4.23. The van der Waals surface area contributed by atoms with Gasteiger partial charge in [0.2, 0.25) is 0 Å². The average molecular weight is 279 g/mol. The Balaban J connectivity index is 1.77. The van der Waals surface area contributed by atoms with Gasteiger partial charge in [-0.2, -0.15) is 5.10 Å². The van der Waals surface area contributed by atoms with Crippen LogP contribution in [0.5, 0.6) is 0 Å². The zero-order valence-corrected chi connectivity index (χ0v) is 12.6. The van der Waals surface area contributed by atoms with Crippen molar-refractivity contribution in [1.29, 1.82) is 0 Å². The summed E-state index contributed by atoms with van der Waals surface area (Å²) in [6.45, 7) is 0. The van der Waals surface area contributed by atoms with Crippen LogP contribution < -0.4 is 5.32 Å². The van der Waals surface area contributed by atoms with Crippen LogP contribution in [0.3, 0.4) is 0 Å². The number of aryl methyl sites for hydroxylation is 2. The Labute approximate surface area is 125 Å². The molecule has 0 aliphatic carbocycles. The van der Waals surface area contributed by atoms with E-state index in [1.807, 2.05) is 25.0 Å². The maximum absolute atomic E-state index is 4.23. The van der Waals surface area contributed by atoms with E-state index in [2.05, 4.69) is 59.1 Å². The van der Waals surface area contributed by atoms with Gasteiger partial charge in [-0.3, -0.25) is 4.68 Å². The van der Waals surface area contributed by atoms with Crippen LogP contribution in [-0.2, 0) is 13.5 Å². The first kappa shape index (κ1) is 13.8. The third kappa shape index (κ3) is 3.14. The molecule has 1 heterocycles. The van der Waals surface area contributed by atoms with Gasteiger partial charge in [0.25, 0.3) is 0 Å². The monoisotopic (exact) mass is 279 g/mol. The van der Waals surface area contributed by atoms with Crippen molar-refractivity contribution in [2.75, 3.05) is 7.05 Å². The first-order valence-corrected chi connectivity index (χ1v) is 7.40. The molecule has 0 amide bonds. The number of hydrogen-bond acceptors (Lipinski definition) is 2. The molecule has 3 aromatic rings. The van der Waals surface area contributed by atoms with Crippen LogP contribution in [0.2, 0.25) is 0 Å². The van der Waals surface area contributed by atoms with Crippen molar-refractivity contribution in [2.24, 2.45) is 7.05 Å². The Bertz CT molecular complexity index is 730. The lowest BCUT2D eigenvalue weighted by molar-refractivity contribution is 0.549. The smallest absolute Gasteiger partial charge is 0.0521 e. The van der Waals surface area contributed by atoms with Gasteiger partial charge in [-0.25, -0.2) is 0 Å².